The largest absolute Gasteiger partial charge is 0.486 e. The van der Waals surface area contributed by atoms with Crippen LogP contribution in [-0.4, -0.2) is 26.4 Å². The number of ether oxygens (including phenoxy) is 1. The number of aromatic nitrogens is 3. The molecule has 0 saturated carbocycles. The molecule has 1 heterocycles. The van der Waals surface area contributed by atoms with E-state index in [1.54, 1.807) is 12.1 Å². The SMILES string of the molecule is Cn1c(COc2ccccc2)nnc1SCC(=O)NCc1ccc(Cl)cc1. The predicted molar refractivity (Wildman–Crippen MR) is 106 cm³/mol. The standard InChI is InChI=1S/C19H19ClN4O2S/c1-24-17(12-26-16-5-3-2-4-6-16)22-23-19(24)27-13-18(25)21-11-14-7-9-15(20)10-8-14/h2-10H,11-13H2,1H3,(H,21,25). The Morgan fingerprint density at radius 1 is 1.15 bits per heavy atom. The molecule has 0 aliphatic carbocycles. The maximum atomic E-state index is 12.0. The van der Waals surface area contributed by atoms with E-state index in [2.05, 4.69) is 15.5 Å². The second-order valence-corrected chi connectivity index (χ2v) is 7.13. The number of hydrogen-bond donors (Lipinski definition) is 1. The van der Waals surface area contributed by atoms with Gasteiger partial charge in [-0.3, -0.25) is 4.79 Å². The van der Waals surface area contributed by atoms with Crippen molar-refractivity contribution in [3.8, 4) is 5.75 Å². The molecule has 6 nitrogen and oxygen atoms in total. The number of nitrogens with zero attached hydrogens (tertiary/aromatic N) is 3. The van der Waals surface area contributed by atoms with Crippen LogP contribution >= 0.6 is 23.4 Å². The van der Waals surface area contributed by atoms with Crippen molar-refractivity contribution in [2.75, 3.05) is 5.75 Å². The highest BCUT2D eigenvalue weighted by Crippen LogP contribution is 2.17. The zero-order chi connectivity index (χ0) is 19.1. The molecule has 0 spiro atoms. The van der Waals surface area contributed by atoms with Gasteiger partial charge in [-0.1, -0.05) is 53.7 Å². The zero-order valence-corrected chi connectivity index (χ0v) is 16.3. The van der Waals surface area contributed by atoms with E-state index in [1.807, 2.05) is 54.1 Å². The van der Waals surface area contributed by atoms with Gasteiger partial charge in [-0.2, -0.15) is 0 Å². The molecule has 0 fully saturated rings. The maximum Gasteiger partial charge on any atom is 0.230 e. The molecule has 0 saturated heterocycles. The summed E-state index contributed by atoms with van der Waals surface area (Å²) in [5, 5.41) is 12.5. The zero-order valence-electron chi connectivity index (χ0n) is 14.8. The molecule has 2 aromatic carbocycles. The van der Waals surface area contributed by atoms with Gasteiger partial charge in [0, 0.05) is 18.6 Å². The van der Waals surface area contributed by atoms with Crippen LogP contribution in [0.4, 0.5) is 0 Å². The molecular formula is C19H19ClN4O2S. The van der Waals surface area contributed by atoms with Gasteiger partial charge in [0.25, 0.3) is 0 Å². The first-order chi connectivity index (χ1) is 13.1. The smallest absolute Gasteiger partial charge is 0.230 e. The molecular weight excluding hydrogens is 384 g/mol. The molecule has 0 radical (unpaired) electrons. The molecule has 1 N–H and O–H groups in total. The number of thioether (sulfide) groups is 1. The number of nitrogens with one attached hydrogen (secondary N) is 1. The van der Waals surface area contributed by atoms with Gasteiger partial charge in [0.05, 0.1) is 5.75 Å². The van der Waals surface area contributed by atoms with Crippen molar-refractivity contribution < 1.29 is 9.53 Å². The number of halogens is 1. The van der Waals surface area contributed by atoms with Crippen LogP contribution in [0.25, 0.3) is 0 Å². The minimum absolute atomic E-state index is 0.0694. The fraction of sp³-hybridized carbons (Fsp3) is 0.211. The summed E-state index contributed by atoms with van der Waals surface area (Å²) in [5.41, 5.74) is 0.997. The molecule has 3 aromatic rings. The van der Waals surface area contributed by atoms with E-state index in [4.69, 9.17) is 16.3 Å². The third-order valence-corrected chi connectivity index (χ3v) is 5.04. The average Bonchev–Trinajstić information content (AvgIpc) is 3.05. The molecule has 0 bridgehead atoms. The van der Waals surface area contributed by atoms with E-state index in [1.165, 1.54) is 11.8 Å². The van der Waals surface area contributed by atoms with Crippen LogP contribution in [-0.2, 0) is 25.0 Å². The molecule has 3 rings (SSSR count). The Labute approximate surface area is 166 Å². The highest BCUT2D eigenvalue weighted by molar-refractivity contribution is 7.99. The second-order valence-electron chi connectivity index (χ2n) is 5.75. The van der Waals surface area contributed by atoms with Gasteiger partial charge in [-0.05, 0) is 29.8 Å². The first kappa shape index (κ1) is 19.3. The summed E-state index contributed by atoms with van der Waals surface area (Å²) in [5.74, 6) is 1.67. The summed E-state index contributed by atoms with van der Waals surface area (Å²) < 4.78 is 7.52. The number of carbonyl (C=O) groups is 1. The lowest BCUT2D eigenvalue weighted by Crippen LogP contribution is -2.24. The predicted octanol–water partition coefficient (Wildman–Crippen LogP) is 3.46. The van der Waals surface area contributed by atoms with Crippen LogP contribution in [0.2, 0.25) is 5.02 Å². The first-order valence-corrected chi connectivity index (χ1v) is 9.68. The Balaban J connectivity index is 1.45. The summed E-state index contributed by atoms with van der Waals surface area (Å²) >= 11 is 7.19. The second kappa shape index (κ2) is 9.43. The van der Waals surface area contributed by atoms with Crippen LogP contribution in [0.3, 0.4) is 0 Å². The normalized spacial score (nSPS) is 10.6. The van der Waals surface area contributed by atoms with Crippen molar-refractivity contribution in [2.24, 2.45) is 7.05 Å². The Kier molecular flexibility index (Phi) is 6.73. The molecule has 1 amide bonds. The van der Waals surface area contributed by atoms with Crippen molar-refractivity contribution in [3.63, 3.8) is 0 Å². The number of rotatable bonds is 8. The van der Waals surface area contributed by atoms with Gasteiger partial charge < -0.3 is 14.6 Å². The number of amides is 1. The summed E-state index contributed by atoms with van der Waals surface area (Å²) in [6.45, 7) is 0.780. The van der Waals surface area contributed by atoms with E-state index in [0.29, 0.717) is 29.2 Å². The van der Waals surface area contributed by atoms with E-state index >= 15 is 0 Å². The molecule has 1 aromatic heterocycles. The van der Waals surface area contributed by atoms with Crippen molar-refractivity contribution in [3.05, 3.63) is 71.0 Å². The summed E-state index contributed by atoms with van der Waals surface area (Å²) in [7, 11) is 1.86. The van der Waals surface area contributed by atoms with Crippen LogP contribution in [0, 0.1) is 0 Å². The fourth-order valence-electron chi connectivity index (χ4n) is 2.25. The van der Waals surface area contributed by atoms with Gasteiger partial charge in [0.2, 0.25) is 5.91 Å². The van der Waals surface area contributed by atoms with Gasteiger partial charge in [0.1, 0.15) is 12.4 Å². The number of carbonyl (C=O) groups excluding carboxylic acids is 1. The van der Waals surface area contributed by atoms with Gasteiger partial charge in [-0.15, -0.1) is 10.2 Å². The highest BCUT2D eigenvalue weighted by Gasteiger charge is 2.12. The average molecular weight is 403 g/mol. The number of para-hydroxylation sites is 1. The van der Waals surface area contributed by atoms with Crippen molar-refractivity contribution in [1.29, 1.82) is 0 Å². The van der Waals surface area contributed by atoms with E-state index in [0.717, 1.165) is 11.3 Å². The van der Waals surface area contributed by atoms with Crippen LogP contribution < -0.4 is 10.1 Å². The van der Waals surface area contributed by atoms with Crippen molar-refractivity contribution in [2.45, 2.75) is 18.3 Å². The van der Waals surface area contributed by atoms with Crippen molar-refractivity contribution >= 4 is 29.3 Å². The van der Waals surface area contributed by atoms with Crippen LogP contribution in [0.15, 0.2) is 59.8 Å². The van der Waals surface area contributed by atoms with E-state index in [9.17, 15) is 4.79 Å². The number of hydrogen-bond acceptors (Lipinski definition) is 5. The first-order valence-electron chi connectivity index (χ1n) is 8.32. The molecule has 0 aliphatic heterocycles. The topological polar surface area (TPSA) is 69.0 Å². The van der Waals surface area contributed by atoms with Gasteiger partial charge >= 0.3 is 0 Å². The minimum atomic E-state index is -0.0694. The third-order valence-electron chi connectivity index (χ3n) is 3.77. The lowest BCUT2D eigenvalue weighted by molar-refractivity contribution is -0.118. The minimum Gasteiger partial charge on any atom is -0.486 e. The van der Waals surface area contributed by atoms with Crippen LogP contribution in [0.1, 0.15) is 11.4 Å². The molecule has 140 valence electrons. The van der Waals surface area contributed by atoms with Gasteiger partial charge in [-0.25, -0.2) is 0 Å². The third kappa shape index (κ3) is 5.74. The maximum absolute atomic E-state index is 12.0. The van der Waals surface area contributed by atoms with Crippen molar-refractivity contribution in [1.82, 2.24) is 20.1 Å². The Morgan fingerprint density at radius 2 is 1.89 bits per heavy atom. The molecule has 0 unspecified atom stereocenters. The summed E-state index contributed by atoms with van der Waals surface area (Å²) in [4.78, 5) is 12.0. The highest BCUT2D eigenvalue weighted by atomic mass is 35.5. The fourth-order valence-corrected chi connectivity index (χ4v) is 3.13. The molecule has 0 atom stereocenters. The Bertz CT molecular complexity index is 884. The quantitative estimate of drug-likeness (QED) is 0.584. The molecule has 27 heavy (non-hydrogen) atoms. The lowest BCUT2D eigenvalue weighted by Gasteiger charge is -2.07. The summed E-state index contributed by atoms with van der Waals surface area (Å²) in [6, 6.07) is 16.9. The van der Waals surface area contributed by atoms with Crippen LogP contribution in [0.5, 0.6) is 5.75 Å². The van der Waals surface area contributed by atoms with Gasteiger partial charge in [0.15, 0.2) is 11.0 Å². The molecule has 8 heteroatoms. The Morgan fingerprint density at radius 3 is 2.63 bits per heavy atom. The summed E-state index contributed by atoms with van der Waals surface area (Å²) in [6.07, 6.45) is 0. The van der Waals surface area contributed by atoms with E-state index in [-0.39, 0.29) is 11.7 Å². The molecule has 0 aliphatic rings. The lowest BCUT2D eigenvalue weighted by atomic mass is 10.2. The number of benzene rings is 2. The van der Waals surface area contributed by atoms with E-state index < -0.39 is 0 Å². The Hall–Kier alpha value is -2.51. The monoisotopic (exact) mass is 402 g/mol.